The highest BCUT2D eigenvalue weighted by atomic mass is 16.6. The van der Waals surface area contributed by atoms with Crippen molar-refractivity contribution in [3.63, 3.8) is 0 Å². The predicted octanol–water partition coefficient (Wildman–Crippen LogP) is 4.31. The van der Waals surface area contributed by atoms with Gasteiger partial charge in [-0.05, 0) is 88.4 Å². The Bertz CT molecular complexity index is 2070. The number of aromatic nitrogens is 3. The van der Waals surface area contributed by atoms with E-state index in [2.05, 4.69) is 36.6 Å². The number of carbonyl (C=O) groups is 6. The molecular weight excluding hydrogens is 855 g/mol. The van der Waals surface area contributed by atoms with Crippen LogP contribution >= 0.6 is 0 Å². The van der Waals surface area contributed by atoms with Crippen LogP contribution in [0, 0.1) is 23.7 Å². The molecule has 0 saturated carbocycles. The second-order valence-corrected chi connectivity index (χ2v) is 19.6. The van der Waals surface area contributed by atoms with Gasteiger partial charge in [-0.3, -0.25) is 29.0 Å². The maximum atomic E-state index is 14.8. The minimum absolute atomic E-state index is 0.0131. The van der Waals surface area contributed by atoms with Gasteiger partial charge in [-0.15, -0.1) is 0 Å². The normalized spacial score (nSPS) is 17.1. The van der Waals surface area contributed by atoms with Crippen molar-refractivity contribution in [3.8, 4) is 0 Å². The Labute approximate surface area is 396 Å². The lowest BCUT2D eigenvalue weighted by Gasteiger charge is -2.34. The summed E-state index contributed by atoms with van der Waals surface area (Å²) in [6.45, 7) is 17.6. The molecule has 4 rings (SSSR count). The maximum Gasteiger partial charge on any atom is 0.419 e. The van der Waals surface area contributed by atoms with Gasteiger partial charge in [-0.2, -0.15) is 0 Å². The summed E-state index contributed by atoms with van der Waals surface area (Å²) in [4.78, 5) is 93.6. The van der Waals surface area contributed by atoms with Gasteiger partial charge < -0.3 is 41.3 Å². The van der Waals surface area contributed by atoms with Crippen LogP contribution in [0.3, 0.4) is 0 Å². The Morgan fingerprint density at radius 1 is 0.881 bits per heavy atom. The van der Waals surface area contributed by atoms with Crippen molar-refractivity contribution in [1.82, 2.24) is 46.0 Å². The average Bonchev–Trinajstić information content (AvgIpc) is 4.01. The SMILES string of the molecule is CC[C@H](C)[C@H](NC(=O)[C@@H](C[C@H](O)[C@H](CC(C)C)NC(=O)[C@H](Cc1cn(C(=O)OC(C)(C)C)cn1)N(C)C(=O)[C@H](Cc1ccccc1)NC(=O)[C@@H]1CCCN1)C(C)C)C(=O)NCc1ccccn1. The molecule has 0 aliphatic carbocycles. The molecule has 368 valence electrons. The summed E-state index contributed by atoms with van der Waals surface area (Å²) >= 11 is 0. The van der Waals surface area contributed by atoms with E-state index >= 15 is 0 Å². The molecule has 2 aromatic heterocycles. The largest absolute Gasteiger partial charge is 0.443 e. The van der Waals surface area contributed by atoms with Gasteiger partial charge in [-0.1, -0.05) is 84.4 Å². The number of hydrogen-bond acceptors (Lipinski definition) is 11. The van der Waals surface area contributed by atoms with Crippen molar-refractivity contribution >= 4 is 35.6 Å². The van der Waals surface area contributed by atoms with Crippen LogP contribution in [0.25, 0.3) is 0 Å². The van der Waals surface area contributed by atoms with E-state index in [1.54, 1.807) is 39.1 Å². The number of rotatable bonds is 23. The molecule has 1 fully saturated rings. The third-order valence-corrected chi connectivity index (χ3v) is 12.2. The lowest BCUT2D eigenvalue weighted by Crippen LogP contribution is -2.59. The van der Waals surface area contributed by atoms with Crippen molar-refractivity contribution in [3.05, 3.63) is 84.2 Å². The smallest absolute Gasteiger partial charge is 0.419 e. The van der Waals surface area contributed by atoms with Crippen LogP contribution in [0.2, 0.25) is 0 Å². The highest BCUT2D eigenvalue weighted by Gasteiger charge is 2.38. The first-order valence-electron chi connectivity index (χ1n) is 23.7. The standard InChI is InChI=1S/C50H75N9O8/c1-11-33(6)43(47(64)53-28-35-20-15-16-22-51-35)57-44(61)37(32(4)5)27-42(60)39(24-31(2)3)55-46(63)41(26-36-29-59(30-54-36)49(66)67-50(7,8)9)58(10)48(65)40(25-34-18-13-12-14-19-34)56-45(62)38-21-17-23-52-38/h12-16,18-20,22,29-33,37-43,52,60H,11,17,21,23-28H2,1-10H3,(H,53,64)(H,55,63)(H,56,62)(H,57,61)/t33-,37-,38-,39-,40-,41-,42-,43-/m0/s1. The fourth-order valence-electron chi connectivity index (χ4n) is 8.07. The Morgan fingerprint density at radius 2 is 1.58 bits per heavy atom. The molecule has 8 atom stereocenters. The molecule has 17 nitrogen and oxygen atoms in total. The number of nitrogens with zero attached hydrogens (tertiary/aromatic N) is 4. The number of amides is 5. The number of aliphatic hydroxyl groups excluding tert-OH is 1. The van der Waals surface area contributed by atoms with E-state index in [4.69, 9.17) is 4.74 Å². The van der Waals surface area contributed by atoms with Crippen LogP contribution in [0.4, 0.5) is 4.79 Å². The zero-order chi connectivity index (χ0) is 49.4. The Kier molecular flexibility index (Phi) is 20.5. The predicted molar refractivity (Wildman–Crippen MR) is 255 cm³/mol. The molecule has 1 aromatic carbocycles. The van der Waals surface area contributed by atoms with Crippen LogP contribution in [0.1, 0.15) is 111 Å². The zero-order valence-electron chi connectivity index (χ0n) is 41.1. The molecule has 0 spiro atoms. The van der Waals surface area contributed by atoms with Gasteiger partial charge in [0.2, 0.25) is 29.5 Å². The number of carbonyl (C=O) groups excluding carboxylic acids is 6. The number of benzene rings is 1. The first-order chi connectivity index (χ1) is 31.7. The molecule has 67 heavy (non-hydrogen) atoms. The lowest BCUT2D eigenvalue weighted by atomic mass is 9.85. The molecule has 0 bridgehead atoms. The molecular formula is C50H75N9O8. The van der Waals surface area contributed by atoms with Crippen molar-refractivity contribution in [2.24, 2.45) is 23.7 Å². The van der Waals surface area contributed by atoms with Gasteiger partial charge in [0.15, 0.2) is 0 Å². The highest BCUT2D eigenvalue weighted by molar-refractivity contribution is 5.93. The van der Waals surface area contributed by atoms with Gasteiger partial charge in [0.05, 0.1) is 36.1 Å². The van der Waals surface area contributed by atoms with E-state index in [0.717, 1.165) is 12.0 Å². The first kappa shape index (κ1) is 53.9. The van der Waals surface area contributed by atoms with Crippen LogP contribution in [0.5, 0.6) is 0 Å². The molecule has 0 radical (unpaired) electrons. The minimum atomic E-state index is -1.23. The number of ether oxygens (including phenoxy) is 1. The van der Waals surface area contributed by atoms with Gasteiger partial charge >= 0.3 is 6.09 Å². The van der Waals surface area contributed by atoms with E-state index in [1.807, 2.05) is 77.9 Å². The monoisotopic (exact) mass is 930 g/mol. The second-order valence-electron chi connectivity index (χ2n) is 19.6. The maximum absolute atomic E-state index is 14.8. The van der Waals surface area contributed by atoms with Crippen LogP contribution < -0.4 is 26.6 Å². The quantitative estimate of drug-likeness (QED) is 0.0786. The van der Waals surface area contributed by atoms with Crippen molar-refractivity contribution in [1.29, 1.82) is 0 Å². The van der Waals surface area contributed by atoms with Crippen LogP contribution in [0.15, 0.2) is 67.3 Å². The van der Waals surface area contributed by atoms with Crippen LogP contribution in [-0.4, -0.2) is 116 Å². The minimum Gasteiger partial charge on any atom is -0.443 e. The summed E-state index contributed by atoms with van der Waals surface area (Å²) in [6, 6.07) is 10.2. The zero-order valence-corrected chi connectivity index (χ0v) is 41.1. The summed E-state index contributed by atoms with van der Waals surface area (Å²) in [5, 5.41) is 27.1. The van der Waals surface area contributed by atoms with Gasteiger partial charge in [0.1, 0.15) is 30.1 Å². The van der Waals surface area contributed by atoms with Gasteiger partial charge in [-0.25, -0.2) is 14.3 Å². The van der Waals surface area contributed by atoms with Crippen molar-refractivity contribution < 1.29 is 38.6 Å². The van der Waals surface area contributed by atoms with Crippen LogP contribution in [-0.2, 0) is 48.1 Å². The molecule has 1 aliphatic heterocycles. The molecule has 0 unspecified atom stereocenters. The number of imidazole rings is 1. The van der Waals surface area contributed by atoms with E-state index in [9.17, 15) is 33.9 Å². The molecule has 17 heteroatoms. The van der Waals surface area contributed by atoms with E-state index < -0.39 is 71.6 Å². The Hall–Kier alpha value is -5.68. The molecule has 3 heterocycles. The fourth-order valence-corrected chi connectivity index (χ4v) is 8.07. The fraction of sp³-hybridized carbons (Fsp3) is 0.600. The van der Waals surface area contributed by atoms with Gasteiger partial charge in [0.25, 0.3) is 0 Å². The third-order valence-electron chi connectivity index (χ3n) is 12.2. The second kappa shape index (κ2) is 25.5. The number of hydrogen-bond donors (Lipinski definition) is 6. The number of likely N-dealkylation sites (N-methyl/N-ethyl adjacent to an activating group) is 1. The number of pyridine rings is 1. The third kappa shape index (κ3) is 16.9. The summed E-state index contributed by atoms with van der Waals surface area (Å²) in [5.74, 6) is -3.42. The molecule has 5 amide bonds. The average molecular weight is 930 g/mol. The number of nitrogens with one attached hydrogen (secondary N) is 5. The summed E-state index contributed by atoms with van der Waals surface area (Å²) in [7, 11) is 1.49. The molecule has 3 aromatic rings. The van der Waals surface area contributed by atoms with E-state index in [-0.39, 0.29) is 55.4 Å². The van der Waals surface area contributed by atoms with Crippen molar-refractivity contribution in [2.75, 3.05) is 13.6 Å². The highest BCUT2D eigenvalue weighted by Crippen LogP contribution is 2.24. The summed E-state index contributed by atoms with van der Waals surface area (Å²) in [5.41, 5.74) is 1.00. The summed E-state index contributed by atoms with van der Waals surface area (Å²) < 4.78 is 6.69. The number of aliphatic hydroxyl groups is 1. The molecule has 1 saturated heterocycles. The Morgan fingerprint density at radius 3 is 2.18 bits per heavy atom. The first-order valence-corrected chi connectivity index (χ1v) is 23.7. The molecule has 6 N–H and O–H groups in total. The topological polar surface area (TPSA) is 226 Å². The van der Waals surface area contributed by atoms with Crippen molar-refractivity contribution in [2.45, 2.75) is 156 Å². The summed E-state index contributed by atoms with van der Waals surface area (Å²) in [6.07, 6.45) is 4.84. The molecule has 1 aliphatic rings. The Balaban J connectivity index is 1.62. The van der Waals surface area contributed by atoms with E-state index in [0.29, 0.717) is 37.2 Å². The van der Waals surface area contributed by atoms with E-state index in [1.165, 1.54) is 29.0 Å². The van der Waals surface area contributed by atoms with Gasteiger partial charge in [0, 0.05) is 38.2 Å². The lowest BCUT2D eigenvalue weighted by molar-refractivity contribution is -0.142.